The summed E-state index contributed by atoms with van der Waals surface area (Å²) in [6, 6.07) is 5.69. The second-order valence-electron chi connectivity index (χ2n) is 7.52. The van der Waals surface area contributed by atoms with Gasteiger partial charge >= 0.3 is 5.97 Å². The van der Waals surface area contributed by atoms with Crippen LogP contribution in [0.5, 0.6) is 0 Å². The Balaban J connectivity index is 1.65. The number of nitrogens with zero attached hydrogens (tertiary/aromatic N) is 2. The van der Waals surface area contributed by atoms with Gasteiger partial charge in [-0.3, -0.25) is 19.4 Å². The van der Waals surface area contributed by atoms with Gasteiger partial charge in [0.1, 0.15) is 11.9 Å². The highest BCUT2D eigenvalue weighted by Gasteiger charge is 2.28. The van der Waals surface area contributed by atoms with Crippen LogP contribution in [0.1, 0.15) is 32.6 Å². The summed E-state index contributed by atoms with van der Waals surface area (Å²) in [5.74, 6) is -0.929. The lowest BCUT2D eigenvalue weighted by Crippen LogP contribution is -2.32. The van der Waals surface area contributed by atoms with Crippen molar-refractivity contribution in [3.05, 3.63) is 52.8 Å². The van der Waals surface area contributed by atoms with Gasteiger partial charge < -0.3 is 9.30 Å². The van der Waals surface area contributed by atoms with E-state index < -0.39 is 5.82 Å². The highest BCUT2D eigenvalue weighted by molar-refractivity contribution is 6.05. The Morgan fingerprint density at radius 1 is 1.14 bits per heavy atom. The predicted octanol–water partition coefficient (Wildman–Crippen LogP) is 3.38. The number of rotatable bonds is 4. The van der Waals surface area contributed by atoms with Crippen molar-refractivity contribution < 1.29 is 18.7 Å². The van der Waals surface area contributed by atoms with Crippen LogP contribution >= 0.6 is 0 Å². The number of hydrogen-bond donors (Lipinski definition) is 0. The molecule has 1 saturated carbocycles. The number of Topliss-reactive ketones (excluding diaryl/α,β-unsaturated/α-hetero) is 1. The fourth-order valence-electron chi connectivity index (χ4n) is 4.19. The Labute approximate surface area is 166 Å². The van der Waals surface area contributed by atoms with Crippen molar-refractivity contribution in [1.29, 1.82) is 0 Å². The minimum Gasteiger partial charge on any atom is -0.463 e. The minimum atomic E-state index is -0.430. The van der Waals surface area contributed by atoms with E-state index >= 15 is 0 Å². The average molecular weight is 396 g/mol. The Hall–Kier alpha value is -3.09. The van der Waals surface area contributed by atoms with Crippen molar-refractivity contribution in [3.63, 3.8) is 0 Å². The predicted molar refractivity (Wildman–Crippen MR) is 106 cm³/mol. The van der Waals surface area contributed by atoms with Gasteiger partial charge in [0.15, 0.2) is 5.78 Å². The molecule has 29 heavy (non-hydrogen) atoms. The van der Waals surface area contributed by atoms with Gasteiger partial charge in [0.25, 0.3) is 5.56 Å². The second-order valence-corrected chi connectivity index (χ2v) is 7.52. The van der Waals surface area contributed by atoms with Crippen molar-refractivity contribution in [1.82, 2.24) is 9.55 Å². The van der Waals surface area contributed by atoms with E-state index in [1.165, 1.54) is 29.7 Å². The van der Waals surface area contributed by atoms with Crippen LogP contribution in [0.15, 0.2) is 41.5 Å². The molecule has 150 valence electrons. The maximum absolute atomic E-state index is 13.7. The van der Waals surface area contributed by atoms with E-state index in [-0.39, 0.29) is 35.9 Å². The average Bonchev–Trinajstić information content (AvgIpc) is 2.71. The van der Waals surface area contributed by atoms with Crippen molar-refractivity contribution in [3.8, 4) is 0 Å². The van der Waals surface area contributed by atoms with Crippen LogP contribution in [0.3, 0.4) is 0 Å². The third-order valence-corrected chi connectivity index (χ3v) is 5.61. The summed E-state index contributed by atoms with van der Waals surface area (Å²) in [4.78, 5) is 41.2. The smallest absolute Gasteiger partial charge is 0.302 e. The maximum Gasteiger partial charge on any atom is 0.302 e. The summed E-state index contributed by atoms with van der Waals surface area (Å²) < 4.78 is 20.4. The van der Waals surface area contributed by atoms with Gasteiger partial charge in [-0.2, -0.15) is 0 Å². The number of esters is 1. The van der Waals surface area contributed by atoms with Crippen LogP contribution in [0.2, 0.25) is 0 Å². The van der Waals surface area contributed by atoms with Gasteiger partial charge in [-0.05, 0) is 49.9 Å². The largest absolute Gasteiger partial charge is 0.463 e. The molecular weight excluding hydrogens is 375 g/mol. The molecule has 2 heterocycles. The number of carbonyl (C=O) groups excluding carboxylic acids is 2. The molecule has 0 atom stereocenters. The molecule has 0 bridgehead atoms. The summed E-state index contributed by atoms with van der Waals surface area (Å²) in [6.07, 6.45) is 5.55. The van der Waals surface area contributed by atoms with E-state index in [1.54, 1.807) is 18.5 Å². The molecule has 1 aliphatic rings. The summed E-state index contributed by atoms with van der Waals surface area (Å²) in [5.41, 5.74) is 0.241. The first-order valence-electron chi connectivity index (χ1n) is 9.69. The van der Waals surface area contributed by atoms with Crippen LogP contribution in [-0.4, -0.2) is 27.4 Å². The maximum atomic E-state index is 13.7. The first-order chi connectivity index (χ1) is 13.9. The summed E-state index contributed by atoms with van der Waals surface area (Å²) in [5, 5.41) is 1.48. The standard InChI is InChI=1S/C22H21FN2O4/c1-13(26)29-16-5-2-14(3-6-16)21(27)12-25-20-8-9-24-11-19(20)18-10-15(23)4-7-17(18)22(25)28/h4,7-11,14,16H,2-3,5-6,12H2,1H3. The molecule has 4 rings (SSSR count). The molecule has 6 nitrogen and oxygen atoms in total. The molecule has 0 spiro atoms. The Bertz CT molecular complexity index is 1160. The number of ketones is 1. The molecule has 0 aliphatic heterocycles. The number of hydrogen-bond acceptors (Lipinski definition) is 5. The molecule has 0 amide bonds. The van der Waals surface area contributed by atoms with E-state index in [0.717, 1.165) is 0 Å². The molecule has 0 N–H and O–H groups in total. The van der Waals surface area contributed by atoms with Crippen LogP contribution in [0, 0.1) is 11.7 Å². The lowest BCUT2D eigenvalue weighted by Gasteiger charge is -2.27. The van der Waals surface area contributed by atoms with Crippen molar-refractivity contribution in [2.75, 3.05) is 0 Å². The van der Waals surface area contributed by atoms with E-state index in [9.17, 15) is 18.8 Å². The number of pyridine rings is 2. The highest BCUT2D eigenvalue weighted by atomic mass is 19.1. The van der Waals surface area contributed by atoms with Crippen LogP contribution < -0.4 is 5.56 Å². The van der Waals surface area contributed by atoms with Gasteiger partial charge in [0.2, 0.25) is 0 Å². The van der Waals surface area contributed by atoms with E-state index in [2.05, 4.69) is 4.98 Å². The zero-order valence-electron chi connectivity index (χ0n) is 16.1. The molecule has 2 aromatic heterocycles. The molecule has 0 saturated heterocycles. The Kier molecular flexibility index (Phi) is 5.13. The van der Waals surface area contributed by atoms with Crippen LogP contribution in [0.25, 0.3) is 21.7 Å². The number of halogens is 1. The van der Waals surface area contributed by atoms with E-state index in [4.69, 9.17) is 4.74 Å². The molecule has 1 fully saturated rings. The fraction of sp³-hybridized carbons (Fsp3) is 0.364. The monoisotopic (exact) mass is 396 g/mol. The Morgan fingerprint density at radius 3 is 2.62 bits per heavy atom. The fourth-order valence-corrected chi connectivity index (χ4v) is 4.19. The van der Waals surface area contributed by atoms with E-state index in [0.29, 0.717) is 47.4 Å². The summed E-state index contributed by atoms with van der Waals surface area (Å²) in [7, 11) is 0. The molecule has 3 aromatic rings. The van der Waals surface area contributed by atoms with Gasteiger partial charge in [0, 0.05) is 41.4 Å². The number of carbonyl (C=O) groups is 2. The quantitative estimate of drug-likeness (QED) is 0.499. The highest BCUT2D eigenvalue weighted by Crippen LogP contribution is 2.28. The van der Waals surface area contributed by atoms with Crippen molar-refractivity contribution in [2.45, 2.75) is 45.3 Å². The summed E-state index contributed by atoms with van der Waals surface area (Å²) in [6.45, 7) is 1.34. The molecule has 1 aliphatic carbocycles. The van der Waals surface area contributed by atoms with Gasteiger partial charge in [-0.15, -0.1) is 0 Å². The van der Waals surface area contributed by atoms with Crippen LogP contribution in [-0.2, 0) is 20.9 Å². The number of aromatic nitrogens is 2. The number of benzene rings is 1. The third kappa shape index (κ3) is 3.77. The van der Waals surface area contributed by atoms with Gasteiger partial charge in [-0.1, -0.05) is 0 Å². The zero-order valence-corrected chi connectivity index (χ0v) is 16.1. The van der Waals surface area contributed by atoms with Gasteiger partial charge in [-0.25, -0.2) is 4.39 Å². The third-order valence-electron chi connectivity index (χ3n) is 5.61. The lowest BCUT2D eigenvalue weighted by atomic mass is 9.84. The van der Waals surface area contributed by atoms with Gasteiger partial charge in [0.05, 0.1) is 12.1 Å². The summed E-state index contributed by atoms with van der Waals surface area (Å²) >= 11 is 0. The molecular formula is C22H21FN2O4. The first-order valence-corrected chi connectivity index (χ1v) is 9.69. The molecule has 0 radical (unpaired) electrons. The zero-order chi connectivity index (χ0) is 20.5. The van der Waals surface area contributed by atoms with Crippen molar-refractivity contribution >= 4 is 33.4 Å². The van der Waals surface area contributed by atoms with Crippen molar-refractivity contribution in [2.24, 2.45) is 5.92 Å². The Morgan fingerprint density at radius 2 is 1.90 bits per heavy atom. The topological polar surface area (TPSA) is 78.3 Å². The lowest BCUT2D eigenvalue weighted by molar-refractivity contribution is -0.148. The normalized spacial score (nSPS) is 19.4. The minimum absolute atomic E-state index is 0.0204. The van der Waals surface area contributed by atoms with E-state index in [1.807, 2.05) is 0 Å². The first kappa shape index (κ1) is 19.2. The number of ether oxygens (including phenoxy) is 1. The molecule has 0 unspecified atom stereocenters. The number of fused-ring (bicyclic) bond motifs is 3. The second kappa shape index (κ2) is 7.73. The molecule has 1 aromatic carbocycles. The molecule has 7 heteroatoms. The van der Waals surface area contributed by atoms with Crippen LogP contribution in [0.4, 0.5) is 4.39 Å². The SMILES string of the molecule is CC(=O)OC1CCC(C(=O)Cn2c(=O)c3ccc(F)cc3c3cnccc32)CC1.